The molecule has 2 N–H and O–H groups in total. The van der Waals surface area contributed by atoms with E-state index >= 15 is 0 Å². The number of rotatable bonds is 6. The van der Waals surface area contributed by atoms with E-state index in [4.69, 9.17) is 16.3 Å². The Balaban J connectivity index is 1.74. The molecule has 0 aliphatic heterocycles. The van der Waals surface area contributed by atoms with E-state index in [-0.39, 0.29) is 5.91 Å². The molecule has 0 bridgehead atoms. The molecule has 144 valence electrons. The second kappa shape index (κ2) is 8.81. The molecule has 2 heterocycles. The summed E-state index contributed by atoms with van der Waals surface area (Å²) < 4.78 is 5.07. The number of halogens is 1. The van der Waals surface area contributed by atoms with Crippen LogP contribution in [-0.4, -0.2) is 28.5 Å². The fourth-order valence-electron chi connectivity index (χ4n) is 2.47. The molecule has 0 aliphatic rings. The monoisotopic (exact) mass is 416 g/mol. The van der Waals surface area contributed by atoms with Gasteiger partial charge in [-0.3, -0.25) is 15.6 Å². The van der Waals surface area contributed by atoms with Crippen LogP contribution in [0.1, 0.15) is 27.7 Å². The van der Waals surface area contributed by atoms with Crippen molar-refractivity contribution in [2.75, 3.05) is 12.0 Å². The fraction of sp³-hybridized carbons (Fsp3) is 0.158. The number of carbonyl (C=O) groups is 2. The molecule has 0 saturated carbocycles. The number of nitrogens with zero attached hydrogens (tertiary/aromatic N) is 2. The molecule has 0 spiro atoms. The van der Waals surface area contributed by atoms with E-state index in [2.05, 4.69) is 20.8 Å². The zero-order valence-corrected chi connectivity index (χ0v) is 16.7. The smallest absolute Gasteiger partial charge is 0.348 e. The highest BCUT2D eigenvalue weighted by Gasteiger charge is 2.20. The van der Waals surface area contributed by atoms with Crippen LogP contribution in [0.15, 0.2) is 36.7 Å². The summed E-state index contributed by atoms with van der Waals surface area (Å²) in [6.07, 6.45) is 4.42. The second-order valence-corrected chi connectivity index (χ2v) is 7.11. The Morgan fingerprint density at radius 2 is 2.00 bits per heavy atom. The third-order valence-electron chi connectivity index (χ3n) is 3.79. The third-order valence-corrected chi connectivity index (χ3v) is 5.22. The van der Waals surface area contributed by atoms with Crippen molar-refractivity contribution in [2.24, 2.45) is 0 Å². The van der Waals surface area contributed by atoms with Crippen molar-refractivity contribution in [3.05, 3.63) is 57.7 Å². The average molecular weight is 417 g/mol. The van der Waals surface area contributed by atoms with E-state index in [1.165, 1.54) is 23.7 Å². The standard InChI is InChI=1S/C19H17ClN4O3S/c1-3-27-19(26)16-11(2)15-17(21-10-22-18(15)28-16)24-23-14(25)9-6-12-4-7-13(20)8-5-12/h4-10H,3H2,1-2H3,(H,23,25)(H,21,22,24)/b9-6+. The summed E-state index contributed by atoms with van der Waals surface area (Å²) in [5.41, 5.74) is 6.89. The van der Waals surface area contributed by atoms with Gasteiger partial charge in [-0.1, -0.05) is 23.7 Å². The van der Waals surface area contributed by atoms with Crippen LogP contribution in [0, 0.1) is 6.92 Å². The minimum absolute atomic E-state index is 0.291. The molecule has 2 aromatic heterocycles. The van der Waals surface area contributed by atoms with Crippen molar-refractivity contribution < 1.29 is 14.3 Å². The number of fused-ring (bicyclic) bond motifs is 1. The lowest BCUT2D eigenvalue weighted by atomic mass is 10.2. The largest absolute Gasteiger partial charge is 0.462 e. The van der Waals surface area contributed by atoms with Crippen molar-refractivity contribution in [2.45, 2.75) is 13.8 Å². The summed E-state index contributed by atoms with van der Waals surface area (Å²) in [6.45, 7) is 3.83. The minimum atomic E-state index is -0.399. The number of esters is 1. The first kappa shape index (κ1) is 19.8. The normalized spacial score (nSPS) is 11.0. The molecule has 0 atom stereocenters. The van der Waals surface area contributed by atoms with Gasteiger partial charge in [-0.15, -0.1) is 11.3 Å². The molecule has 3 rings (SSSR count). The average Bonchev–Trinajstić information content (AvgIpc) is 3.03. The van der Waals surface area contributed by atoms with E-state index in [1.54, 1.807) is 44.2 Å². The van der Waals surface area contributed by atoms with Gasteiger partial charge in [0.25, 0.3) is 5.91 Å². The Bertz CT molecular complexity index is 1050. The Kier molecular flexibility index (Phi) is 6.23. The minimum Gasteiger partial charge on any atom is -0.462 e. The summed E-state index contributed by atoms with van der Waals surface area (Å²) in [5, 5.41) is 1.29. The van der Waals surface area contributed by atoms with Crippen molar-refractivity contribution in [1.82, 2.24) is 15.4 Å². The summed E-state index contributed by atoms with van der Waals surface area (Å²) >= 11 is 7.06. The van der Waals surface area contributed by atoms with Crippen molar-refractivity contribution in [3.8, 4) is 0 Å². The molecule has 1 amide bonds. The lowest BCUT2D eigenvalue weighted by Gasteiger charge is -2.07. The van der Waals surface area contributed by atoms with E-state index in [9.17, 15) is 9.59 Å². The van der Waals surface area contributed by atoms with Gasteiger partial charge in [0.2, 0.25) is 0 Å². The van der Waals surface area contributed by atoms with Gasteiger partial charge in [0.1, 0.15) is 16.0 Å². The van der Waals surface area contributed by atoms with Crippen LogP contribution in [0.2, 0.25) is 5.02 Å². The SMILES string of the molecule is CCOC(=O)c1sc2ncnc(NNC(=O)/C=C/c3ccc(Cl)cc3)c2c1C. The van der Waals surface area contributed by atoms with Gasteiger partial charge in [0.15, 0.2) is 5.82 Å². The molecule has 0 saturated heterocycles. The van der Waals surface area contributed by atoms with Gasteiger partial charge in [0.05, 0.1) is 12.0 Å². The zero-order valence-electron chi connectivity index (χ0n) is 15.2. The number of aryl methyl sites for hydroxylation is 1. The zero-order chi connectivity index (χ0) is 20.1. The Morgan fingerprint density at radius 3 is 2.71 bits per heavy atom. The van der Waals surface area contributed by atoms with Crippen LogP contribution in [0.25, 0.3) is 16.3 Å². The van der Waals surface area contributed by atoms with Gasteiger partial charge >= 0.3 is 5.97 Å². The Hall–Kier alpha value is -2.97. The van der Waals surface area contributed by atoms with Gasteiger partial charge in [-0.25, -0.2) is 14.8 Å². The molecule has 9 heteroatoms. The molecule has 0 unspecified atom stereocenters. The number of benzene rings is 1. The van der Waals surface area contributed by atoms with Crippen molar-refractivity contribution >= 4 is 56.9 Å². The molecular formula is C19H17ClN4O3S. The number of nitrogens with one attached hydrogen (secondary N) is 2. The number of hydrogen-bond donors (Lipinski definition) is 2. The number of hydrazine groups is 1. The van der Waals surface area contributed by atoms with Crippen LogP contribution in [-0.2, 0) is 9.53 Å². The summed E-state index contributed by atoms with van der Waals surface area (Å²) in [4.78, 5) is 33.6. The van der Waals surface area contributed by atoms with E-state index in [0.29, 0.717) is 38.1 Å². The molecule has 3 aromatic rings. The maximum Gasteiger partial charge on any atom is 0.348 e. The van der Waals surface area contributed by atoms with Gasteiger partial charge in [0, 0.05) is 11.1 Å². The number of thiophene rings is 1. The maximum atomic E-state index is 12.1. The first-order valence-corrected chi connectivity index (χ1v) is 9.60. The first-order chi connectivity index (χ1) is 13.5. The van der Waals surface area contributed by atoms with Crippen molar-refractivity contribution in [1.29, 1.82) is 0 Å². The van der Waals surface area contributed by atoms with E-state index in [1.807, 2.05) is 0 Å². The highest BCUT2D eigenvalue weighted by molar-refractivity contribution is 7.20. The molecule has 0 fully saturated rings. The fourth-order valence-corrected chi connectivity index (χ4v) is 3.63. The summed E-state index contributed by atoms with van der Waals surface area (Å²) in [5.74, 6) is -0.355. The van der Waals surface area contributed by atoms with Crippen LogP contribution < -0.4 is 10.9 Å². The van der Waals surface area contributed by atoms with Crippen LogP contribution in [0.5, 0.6) is 0 Å². The van der Waals surface area contributed by atoms with Crippen LogP contribution in [0.4, 0.5) is 5.82 Å². The number of amides is 1. The predicted octanol–water partition coefficient (Wildman–Crippen LogP) is 3.99. The number of anilines is 1. The lowest BCUT2D eigenvalue weighted by molar-refractivity contribution is -0.116. The molecule has 0 aliphatic carbocycles. The molecule has 7 nitrogen and oxygen atoms in total. The quantitative estimate of drug-likeness (QED) is 0.358. The summed E-state index contributed by atoms with van der Waals surface area (Å²) in [6, 6.07) is 7.10. The van der Waals surface area contributed by atoms with Crippen LogP contribution in [0.3, 0.4) is 0 Å². The molecule has 0 radical (unpaired) electrons. The Labute approximate surface area is 170 Å². The molecular weight excluding hydrogens is 400 g/mol. The van der Waals surface area contributed by atoms with Gasteiger partial charge in [-0.05, 0) is 43.2 Å². The molecule has 1 aromatic carbocycles. The maximum absolute atomic E-state index is 12.1. The van der Waals surface area contributed by atoms with Crippen molar-refractivity contribution in [3.63, 3.8) is 0 Å². The Morgan fingerprint density at radius 1 is 1.25 bits per heavy atom. The number of carbonyl (C=O) groups excluding carboxylic acids is 2. The highest BCUT2D eigenvalue weighted by Crippen LogP contribution is 2.33. The first-order valence-electron chi connectivity index (χ1n) is 8.40. The predicted molar refractivity (Wildman–Crippen MR) is 110 cm³/mol. The third kappa shape index (κ3) is 4.47. The van der Waals surface area contributed by atoms with Gasteiger partial charge < -0.3 is 4.74 Å². The topological polar surface area (TPSA) is 93.2 Å². The molecule has 28 heavy (non-hydrogen) atoms. The number of hydrogen-bond acceptors (Lipinski definition) is 7. The second-order valence-electron chi connectivity index (χ2n) is 5.68. The lowest BCUT2D eigenvalue weighted by Crippen LogP contribution is -2.28. The van der Waals surface area contributed by atoms with Crippen LogP contribution >= 0.6 is 22.9 Å². The number of ether oxygens (including phenoxy) is 1. The summed E-state index contributed by atoms with van der Waals surface area (Å²) in [7, 11) is 0. The van der Waals surface area contributed by atoms with E-state index < -0.39 is 5.97 Å². The van der Waals surface area contributed by atoms with Gasteiger partial charge in [-0.2, -0.15) is 0 Å². The highest BCUT2D eigenvalue weighted by atomic mass is 35.5. The number of aromatic nitrogens is 2. The van der Waals surface area contributed by atoms with E-state index in [0.717, 1.165) is 5.56 Å².